The number of rotatable bonds is 4. The molecule has 0 aliphatic rings. The average molecular weight is 303 g/mol. The number of nitrogens with one attached hydrogen (secondary N) is 1. The first-order valence-corrected chi connectivity index (χ1v) is 6.71. The van der Waals surface area contributed by atoms with Crippen LogP contribution in [0.2, 0.25) is 0 Å². The molecule has 2 aromatic carbocycles. The number of hydrogen-bond donors (Lipinski definition) is 1. The minimum atomic E-state index is -0.949. The zero-order valence-corrected chi connectivity index (χ0v) is 11.5. The van der Waals surface area contributed by atoms with Crippen LogP contribution in [0.15, 0.2) is 42.7 Å². The van der Waals surface area contributed by atoms with E-state index < -0.39 is 11.6 Å². The van der Waals surface area contributed by atoms with Crippen molar-refractivity contribution in [3.8, 4) is 0 Å². The van der Waals surface area contributed by atoms with Crippen LogP contribution in [0.1, 0.15) is 5.56 Å². The Balaban J connectivity index is 1.78. The first-order valence-electron chi connectivity index (χ1n) is 6.71. The van der Waals surface area contributed by atoms with Gasteiger partial charge in [-0.05, 0) is 30.2 Å². The van der Waals surface area contributed by atoms with Gasteiger partial charge in [0.2, 0.25) is 0 Å². The van der Waals surface area contributed by atoms with Gasteiger partial charge in [-0.15, -0.1) is 0 Å². The summed E-state index contributed by atoms with van der Waals surface area (Å²) in [5, 5.41) is 3.44. The molecule has 0 aliphatic carbocycles. The Hall–Kier alpha value is -2.63. The third-order valence-corrected chi connectivity index (χ3v) is 3.27. The molecule has 0 amide bonds. The summed E-state index contributed by atoms with van der Waals surface area (Å²) in [5.41, 5.74) is 1.16. The maximum absolute atomic E-state index is 13.4. The predicted molar refractivity (Wildman–Crippen MR) is 78.0 cm³/mol. The van der Waals surface area contributed by atoms with Crippen molar-refractivity contribution >= 4 is 16.7 Å². The quantitative estimate of drug-likeness (QED) is 0.798. The maximum atomic E-state index is 13.4. The molecule has 1 N–H and O–H groups in total. The second kappa shape index (κ2) is 6.01. The van der Waals surface area contributed by atoms with Gasteiger partial charge < -0.3 is 5.32 Å². The first kappa shape index (κ1) is 14.3. The molecule has 3 nitrogen and oxygen atoms in total. The smallest absolute Gasteiger partial charge is 0.161 e. The predicted octanol–water partition coefficient (Wildman–Crippen LogP) is 3.70. The molecule has 22 heavy (non-hydrogen) atoms. The monoisotopic (exact) mass is 303 g/mol. The molecule has 0 atom stereocenters. The van der Waals surface area contributed by atoms with Gasteiger partial charge >= 0.3 is 0 Å². The summed E-state index contributed by atoms with van der Waals surface area (Å²) in [6, 6.07) is 8.39. The van der Waals surface area contributed by atoms with Gasteiger partial charge in [-0.3, -0.25) is 0 Å². The van der Waals surface area contributed by atoms with Crippen LogP contribution in [0.3, 0.4) is 0 Å². The topological polar surface area (TPSA) is 37.8 Å². The van der Waals surface area contributed by atoms with E-state index in [0.29, 0.717) is 29.7 Å². The van der Waals surface area contributed by atoms with E-state index in [9.17, 15) is 13.2 Å². The molecule has 0 radical (unpaired) electrons. The van der Waals surface area contributed by atoms with E-state index in [1.807, 2.05) is 6.07 Å². The van der Waals surface area contributed by atoms with Crippen molar-refractivity contribution in [1.82, 2.24) is 9.97 Å². The lowest BCUT2D eigenvalue weighted by molar-refractivity contribution is 0.510. The van der Waals surface area contributed by atoms with E-state index in [-0.39, 0.29) is 5.82 Å². The van der Waals surface area contributed by atoms with Gasteiger partial charge in [0.15, 0.2) is 11.6 Å². The fourth-order valence-electron chi connectivity index (χ4n) is 2.21. The Morgan fingerprint density at radius 1 is 0.955 bits per heavy atom. The van der Waals surface area contributed by atoms with E-state index in [2.05, 4.69) is 15.3 Å². The number of halogens is 3. The van der Waals surface area contributed by atoms with Crippen LogP contribution in [0.4, 0.5) is 19.0 Å². The Morgan fingerprint density at radius 3 is 2.59 bits per heavy atom. The Kier molecular flexibility index (Phi) is 3.91. The lowest BCUT2D eigenvalue weighted by Crippen LogP contribution is -2.07. The lowest BCUT2D eigenvalue weighted by atomic mass is 10.1. The van der Waals surface area contributed by atoms with E-state index in [0.717, 1.165) is 17.7 Å². The molecule has 6 heteroatoms. The SMILES string of the molecule is Fc1cccc(CCNc2ncnc3cc(F)c(F)cc23)c1. The van der Waals surface area contributed by atoms with Crippen LogP contribution in [0, 0.1) is 17.5 Å². The van der Waals surface area contributed by atoms with Crippen molar-refractivity contribution in [3.05, 3.63) is 65.7 Å². The normalized spacial score (nSPS) is 10.9. The second-order valence-corrected chi connectivity index (χ2v) is 4.81. The largest absolute Gasteiger partial charge is 0.369 e. The molecule has 3 aromatic rings. The van der Waals surface area contributed by atoms with Gasteiger partial charge in [-0.1, -0.05) is 12.1 Å². The number of aromatic nitrogens is 2. The molecule has 0 saturated carbocycles. The number of fused-ring (bicyclic) bond motifs is 1. The van der Waals surface area contributed by atoms with Crippen molar-refractivity contribution < 1.29 is 13.2 Å². The van der Waals surface area contributed by atoms with Crippen LogP contribution in [-0.2, 0) is 6.42 Å². The number of benzene rings is 2. The van der Waals surface area contributed by atoms with Crippen LogP contribution < -0.4 is 5.32 Å². The molecule has 1 heterocycles. The Bertz CT molecular complexity index is 821. The van der Waals surface area contributed by atoms with Crippen molar-refractivity contribution in [1.29, 1.82) is 0 Å². The summed E-state index contributed by atoms with van der Waals surface area (Å²) in [7, 11) is 0. The number of anilines is 1. The van der Waals surface area contributed by atoms with Crippen LogP contribution in [0.25, 0.3) is 10.9 Å². The molecule has 112 valence electrons. The molecule has 0 bridgehead atoms. The van der Waals surface area contributed by atoms with E-state index in [1.54, 1.807) is 6.07 Å². The highest BCUT2D eigenvalue weighted by atomic mass is 19.2. The molecule has 3 rings (SSSR count). The van der Waals surface area contributed by atoms with Crippen LogP contribution >= 0.6 is 0 Å². The van der Waals surface area contributed by atoms with Gasteiger partial charge in [0.25, 0.3) is 0 Å². The van der Waals surface area contributed by atoms with E-state index in [1.165, 1.54) is 18.5 Å². The van der Waals surface area contributed by atoms with E-state index >= 15 is 0 Å². The van der Waals surface area contributed by atoms with E-state index in [4.69, 9.17) is 0 Å². The number of hydrogen-bond acceptors (Lipinski definition) is 3. The zero-order chi connectivity index (χ0) is 15.5. The van der Waals surface area contributed by atoms with Gasteiger partial charge in [0, 0.05) is 18.0 Å². The second-order valence-electron chi connectivity index (χ2n) is 4.81. The zero-order valence-electron chi connectivity index (χ0n) is 11.5. The Morgan fingerprint density at radius 2 is 1.77 bits per heavy atom. The minimum Gasteiger partial charge on any atom is -0.369 e. The summed E-state index contributed by atoms with van der Waals surface area (Å²) in [6.45, 7) is 0.481. The maximum Gasteiger partial charge on any atom is 0.161 e. The summed E-state index contributed by atoms with van der Waals surface area (Å²) in [4.78, 5) is 7.96. The van der Waals surface area contributed by atoms with Crippen LogP contribution in [0.5, 0.6) is 0 Å². The standard InChI is InChI=1S/C16H12F3N3/c17-11-3-1-2-10(6-11)4-5-20-16-12-7-13(18)14(19)8-15(12)21-9-22-16/h1-3,6-9H,4-5H2,(H,20,21,22). The van der Waals surface area contributed by atoms with Gasteiger partial charge in [-0.2, -0.15) is 0 Å². The first-order chi connectivity index (χ1) is 10.6. The molecule has 0 fully saturated rings. The highest BCUT2D eigenvalue weighted by Crippen LogP contribution is 2.22. The average Bonchev–Trinajstić information content (AvgIpc) is 2.49. The Labute approximate surface area is 124 Å². The molecule has 0 aliphatic heterocycles. The van der Waals surface area contributed by atoms with Crippen LogP contribution in [-0.4, -0.2) is 16.5 Å². The molecule has 0 spiro atoms. The molecular weight excluding hydrogens is 291 g/mol. The van der Waals surface area contributed by atoms with Crippen molar-refractivity contribution in [2.24, 2.45) is 0 Å². The molecule has 0 saturated heterocycles. The molecular formula is C16H12F3N3. The molecule has 1 aromatic heterocycles. The third-order valence-electron chi connectivity index (χ3n) is 3.27. The fourth-order valence-corrected chi connectivity index (χ4v) is 2.21. The highest BCUT2D eigenvalue weighted by molar-refractivity contribution is 5.88. The highest BCUT2D eigenvalue weighted by Gasteiger charge is 2.09. The number of nitrogens with zero attached hydrogens (tertiary/aromatic N) is 2. The van der Waals surface area contributed by atoms with Crippen molar-refractivity contribution in [2.75, 3.05) is 11.9 Å². The minimum absolute atomic E-state index is 0.289. The van der Waals surface area contributed by atoms with Gasteiger partial charge in [0.05, 0.1) is 5.52 Å². The summed E-state index contributed by atoms with van der Waals surface area (Å²) in [5.74, 6) is -1.77. The third kappa shape index (κ3) is 3.00. The fraction of sp³-hybridized carbons (Fsp3) is 0.125. The van der Waals surface area contributed by atoms with Gasteiger partial charge in [-0.25, -0.2) is 23.1 Å². The molecule has 0 unspecified atom stereocenters. The summed E-state index contributed by atoms with van der Waals surface area (Å²) < 4.78 is 39.7. The summed E-state index contributed by atoms with van der Waals surface area (Å²) in [6.07, 6.45) is 1.86. The van der Waals surface area contributed by atoms with Gasteiger partial charge in [0.1, 0.15) is 18.0 Å². The summed E-state index contributed by atoms with van der Waals surface area (Å²) >= 11 is 0. The van der Waals surface area contributed by atoms with Crippen molar-refractivity contribution in [2.45, 2.75) is 6.42 Å². The lowest BCUT2D eigenvalue weighted by Gasteiger charge is -2.08. The van der Waals surface area contributed by atoms with Crippen molar-refractivity contribution in [3.63, 3.8) is 0 Å².